The molecule has 4 aliphatic heterocycles. The summed E-state index contributed by atoms with van der Waals surface area (Å²) in [4.78, 5) is 36.3. The van der Waals surface area contributed by atoms with Gasteiger partial charge in [0.25, 0.3) is 15.9 Å². The number of nitriles is 1. The number of anilines is 1. The molecule has 4 heterocycles. The number of amides is 3. The number of likely N-dealkylation sites (tertiary alicyclic amines) is 1. The summed E-state index contributed by atoms with van der Waals surface area (Å²) in [6.07, 6.45) is 2.08. The average Bonchev–Trinajstić information content (AvgIpc) is 3.44. The molecule has 292 valence electrons. The van der Waals surface area contributed by atoms with E-state index in [-0.39, 0.29) is 45.4 Å². The normalized spacial score (nSPS) is 21.0. The molecule has 7 rings (SSSR count). The minimum Gasteiger partial charge on any atom is -0.497 e. The molecule has 1 N–H and O–H groups in total. The smallest absolute Gasteiger partial charge is 0.318 e. The first kappa shape index (κ1) is 38.2. The fourth-order valence-electron chi connectivity index (χ4n) is 8.02. The average molecular weight is 775 g/mol. The molecule has 0 spiro atoms. The molecule has 1 atom stereocenters. The Morgan fingerprint density at radius 2 is 1.53 bits per heavy atom. The highest BCUT2D eigenvalue weighted by molar-refractivity contribution is 7.93. The van der Waals surface area contributed by atoms with Gasteiger partial charge in [-0.1, -0.05) is 0 Å². The maximum Gasteiger partial charge on any atom is 0.318 e. The molecule has 0 unspecified atom stereocenters. The van der Waals surface area contributed by atoms with E-state index in [9.17, 15) is 18.5 Å². The zero-order valence-electron chi connectivity index (χ0n) is 31.4. The van der Waals surface area contributed by atoms with Crippen molar-refractivity contribution in [3.8, 4) is 29.1 Å². The number of carbonyl (C=O) groups excluding carboxylic acids is 2. The van der Waals surface area contributed by atoms with Crippen LogP contribution >= 0.6 is 0 Å². The second-order valence-corrected chi connectivity index (χ2v) is 15.6. The zero-order chi connectivity index (χ0) is 38.9. The van der Waals surface area contributed by atoms with Gasteiger partial charge < -0.3 is 33.9 Å². The number of hydrogen-bond donors (Lipinski definition) is 1. The first-order valence-corrected chi connectivity index (χ1v) is 19.8. The highest BCUT2D eigenvalue weighted by Gasteiger charge is 2.59. The van der Waals surface area contributed by atoms with E-state index in [1.54, 1.807) is 30.0 Å². The van der Waals surface area contributed by atoms with Gasteiger partial charge in [0, 0.05) is 62.5 Å². The predicted molar refractivity (Wildman–Crippen MR) is 201 cm³/mol. The Hall–Kier alpha value is -5.08. The summed E-state index contributed by atoms with van der Waals surface area (Å²) in [6.45, 7) is 7.65. The van der Waals surface area contributed by atoms with Crippen LogP contribution in [0.4, 0.5) is 10.5 Å². The predicted octanol–water partition coefficient (Wildman–Crippen LogP) is 3.15. The third kappa shape index (κ3) is 6.79. The molecule has 0 saturated carbocycles. The van der Waals surface area contributed by atoms with E-state index >= 15 is 4.79 Å². The SMILES string of the molecule is CCOc1ccc(OC)cc1[C@]1(NC(=O)N2CCN(C3CCN(C4COC4)CC3)CC2)C(=O)N(S(=O)(=O)c2ccc(OC)cc2OC)c2ccc(C#N)cc21. The number of carbonyl (C=O) groups is 2. The monoisotopic (exact) mass is 774 g/mol. The zero-order valence-corrected chi connectivity index (χ0v) is 32.3. The van der Waals surface area contributed by atoms with Crippen molar-refractivity contribution in [1.29, 1.82) is 5.26 Å². The Labute approximate surface area is 321 Å². The molecule has 4 aliphatic rings. The molecule has 3 aromatic carbocycles. The van der Waals surface area contributed by atoms with Crippen molar-refractivity contribution < 1.29 is 41.7 Å². The van der Waals surface area contributed by atoms with Crippen molar-refractivity contribution in [2.45, 2.75) is 42.3 Å². The van der Waals surface area contributed by atoms with E-state index in [1.165, 1.54) is 57.7 Å². The highest BCUT2D eigenvalue weighted by Crippen LogP contribution is 2.51. The van der Waals surface area contributed by atoms with Crippen LogP contribution in [0, 0.1) is 11.3 Å². The van der Waals surface area contributed by atoms with Crippen molar-refractivity contribution in [3.05, 3.63) is 71.3 Å². The Morgan fingerprint density at radius 3 is 2.15 bits per heavy atom. The molecular weight excluding hydrogens is 729 g/mol. The number of methoxy groups -OCH3 is 3. The molecule has 0 aromatic heterocycles. The van der Waals surface area contributed by atoms with Gasteiger partial charge in [0.05, 0.1) is 64.5 Å². The molecule has 0 aliphatic carbocycles. The summed E-state index contributed by atoms with van der Waals surface area (Å²) < 4.78 is 58.0. The Bertz CT molecular complexity index is 2090. The lowest BCUT2D eigenvalue weighted by Crippen LogP contribution is -2.61. The largest absolute Gasteiger partial charge is 0.497 e. The van der Waals surface area contributed by atoms with Gasteiger partial charge in [0.2, 0.25) is 0 Å². The summed E-state index contributed by atoms with van der Waals surface area (Å²) in [5.74, 6) is -0.158. The van der Waals surface area contributed by atoms with Gasteiger partial charge in [-0.2, -0.15) is 9.57 Å². The highest BCUT2D eigenvalue weighted by atomic mass is 32.2. The van der Waals surface area contributed by atoms with E-state index in [1.807, 2.05) is 0 Å². The van der Waals surface area contributed by atoms with Crippen LogP contribution in [0.15, 0.2) is 59.5 Å². The van der Waals surface area contributed by atoms with Gasteiger partial charge in [-0.05, 0) is 68.3 Å². The number of urea groups is 1. The third-order valence-corrected chi connectivity index (χ3v) is 12.8. The van der Waals surface area contributed by atoms with Crippen molar-refractivity contribution >= 4 is 27.6 Å². The fraction of sp³-hybridized carbons (Fsp3) is 0.462. The van der Waals surface area contributed by atoms with Crippen LogP contribution in [0.1, 0.15) is 36.5 Å². The van der Waals surface area contributed by atoms with Crippen LogP contribution in [0.5, 0.6) is 23.0 Å². The molecule has 15 nitrogen and oxygen atoms in total. The number of nitrogens with one attached hydrogen (secondary N) is 1. The molecule has 0 bridgehead atoms. The second-order valence-electron chi connectivity index (χ2n) is 13.9. The van der Waals surface area contributed by atoms with Gasteiger partial charge in [0.1, 0.15) is 27.9 Å². The lowest BCUT2D eigenvalue weighted by molar-refractivity contribution is -0.121. The summed E-state index contributed by atoms with van der Waals surface area (Å²) >= 11 is 0. The van der Waals surface area contributed by atoms with E-state index in [0.717, 1.165) is 39.1 Å². The van der Waals surface area contributed by atoms with E-state index in [4.69, 9.17) is 23.7 Å². The number of piperazine rings is 1. The molecule has 3 amide bonds. The maximum absolute atomic E-state index is 15.4. The summed E-state index contributed by atoms with van der Waals surface area (Å²) in [5.41, 5.74) is -1.85. The molecule has 3 aromatic rings. The molecule has 3 saturated heterocycles. The minimum absolute atomic E-state index is 0.0444. The molecule has 3 fully saturated rings. The number of benzene rings is 3. The lowest BCUT2D eigenvalue weighted by Gasteiger charge is -2.46. The van der Waals surface area contributed by atoms with Crippen LogP contribution in [0.25, 0.3) is 0 Å². The number of piperidine rings is 1. The minimum atomic E-state index is -4.73. The van der Waals surface area contributed by atoms with Gasteiger partial charge >= 0.3 is 6.03 Å². The van der Waals surface area contributed by atoms with Gasteiger partial charge in [-0.3, -0.25) is 14.6 Å². The lowest BCUT2D eigenvalue weighted by atomic mass is 9.82. The number of ether oxygens (including phenoxy) is 5. The topological polar surface area (TPSA) is 163 Å². The van der Waals surface area contributed by atoms with Crippen LogP contribution in [0.3, 0.4) is 0 Å². The number of fused-ring (bicyclic) bond motifs is 1. The van der Waals surface area contributed by atoms with E-state index in [0.29, 0.717) is 54.1 Å². The Balaban J connectivity index is 1.28. The van der Waals surface area contributed by atoms with Gasteiger partial charge in [-0.15, -0.1) is 0 Å². The Morgan fingerprint density at radius 1 is 0.855 bits per heavy atom. The summed E-state index contributed by atoms with van der Waals surface area (Å²) in [7, 11) is -0.519. The summed E-state index contributed by atoms with van der Waals surface area (Å²) in [6, 6.07) is 15.7. The van der Waals surface area contributed by atoms with E-state index in [2.05, 4.69) is 21.2 Å². The van der Waals surface area contributed by atoms with Crippen molar-refractivity contribution in [3.63, 3.8) is 0 Å². The molecule has 16 heteroatoms. The Kier molecular flexibility index (Phi) is 10.8. The number of rotatable bonds is 11. The van der Waals surface area contributed by atoms with Crippen molar-refractivity contribution in [2.75, 3.05) is 84.7 Å². The molecule has 55 heavy (non-hydrogen) atoms. The maximum atomic E-state index is 15.4. The van der Waals surface area contributed by atoms with Crippen molar-refractivity contribution in [2.24, 2.45) is 0 Å². The summed E-state index contributed by atoms with van der Waals surface area (Å²) in [5, 5.41) is 13.1. The first-order chi connectivity index (χ1) is 26.6. The molecular formula is C39H46N6O9S. The number of sulfonamides is 1. The third-order valence-electron chi connectivity index (χ3n) is 11.1. The van der Waals surface area contributed by atoms with E-state index < -0.39 is 27.5 Å². The van der Waals surface area contributed by atoms with Gasteiger partial charge in [-0.25, -0.2) is 13.2 Å². The van der Waals surface area contributed by atoms with Gasteiger partial charge in [0.15, 0.2) is 5.54 Å². The first-order valence-electron chi connectivity index (χ1n) is 18.4. The molecule has 0 radical (unpaired) electrons. The fourth-order valence-corrected chi connectivity index (χ4v) is 9.63. The standard InChI is InChI=1S/C39H46N6O9S/c1-5-54-34-10-7-29(50-2)21-32(34)39(41-38(47)44-18-16-43(17-19-44)27-12-14-42(15-13-27)28-24-53-25-28)31-20-26(23-40)6-9-33(31)45(37(39)46)55(48,49)36-11-8-30(51-3)22-35(36)52-4/h6-11,20-22,27-28H,5,12-19,24-25H2,1-4H3,(H,41,47)/t39-/m0/s1. The van der Waals surface area contributed by atoms with Crippen molar-refractivity contribution in [1.82, 2.24) is 20.0 Å². The number of hydrogen-bond acceptors (Lipinski definition) is 12. The van der Waals surface area contributed by atoms with Crippen LogP contribution in [-0.4, -0.2) is 128 Å². The van der Waals surface area contributed by atoms with Crippen LogP contribution < -0.4 is 28.6 Å². The van der Waals surface area contributed by atoms with Crippen LogP contribution in [0.2, 0.25) is 0 Å². The second kappa shape index (κ2) is 15.6. The quantitative estimate of drug-likeness (QED) is 0.304. The number of nitrogens with zero attached hydrogens (tertiary/aromatic N) is 5. The van der Waals surface area contributed by atoms with Crippen LogP contribution in [-0.2, 0) is 25.1 Å².